The Hall–Kier alpha value is -3.53. The van der Waals surface area contributed by atoms with Gasteiger partial charge >= 0.3 is 6.03 Å². The minimum atomic E-state index is -0.398. The number of benzene rings is 2. The van der Waals surface area contributed by atoms with Gasteiger partial charge < -0.3 is 20.3 Å². The number of anilines is 2. The van der Waals surface area contributed by atoms with Crippen LogP contribution in [0.1, 0.15) is 33.6 Å². The number of carbonyl (C=O) groups excluding carboxylic acids is 2. The third-order valence-electron chi connectivity index (χ3n) is 5.14. The zero-order chi connectivity index (χ0) is 22.5. The Balaban J connectivity index is 1.36. The van der Waals surface area contributed by atoms with E-state index in [0.29, 0.717) is 24.5 Å². The Morgan fingerprint density at radius 1 is 1.06 bits per heavy atom. The van der Waals surface area contributed by atoms with E-state index in [4.69, 9.17) is 4.74 Å². The van der Waals surface area contributed by atoms with E-state index in [-0.39, 0.29) is 22.8 Å². The van der Waals surface area contributed by atoms with E-state index < -0.39 is 5.91 Å². The lowest BCUT2D eigenvalue weighted by molar-refractivity contribution is 0.102. The number of likely N-dealkylation sites (tertiary alicyclic amines) is 1. The van der Waals surface area contributed by atoms with Crippen molar-refractivity contribution in [3.8, 4) is 5.75 Å². The van der Waals surface area contributed by atoms with Crippen LogP contribution in [0.4, 0.5) is 20.6 Å². The molecule has 1 saturated heterocycles. The van der Waals surface area contributed by atoms with Gasteiger partial charge in [-0.1, -0.05) is 11.3 Å². The summed E-state index contributed by atoms with van der Waals surface area (Å²) < 4.78 is 18.2. The molecular formula is C22H22FN5O3S. The van der Waals surface area contributed by atoms with Crippen molar-refractivity contribution >= 4 is 34.6 Å². The van der Waals surface area contributed by atoms with E-state index in [2.05, 4.69) is 20.8 Å². The second-order valence-electron chi connectivity index (χ2n) is 7.35. The summed E-state index contributed by atoms with van der Waals surface area (Å²) in [5, 5.41) is 14.7. The molecule has 1 atom stereocenters. The molecule has 1 aliphatic rings. The fourth-order valence-corrected chi connectivity index (χ4v) is 4.31. The molecule has 1 fully saturated rings. The highest BCUT2D eigenvalue weighted by Crippen LogP contribution is 2.30. The van der Waals surface area contributed by atoms with Gasteiger partial charge in [-0.3, -0.25) is 4.79 Å². The zero-order valence-electron chi connectivity index (χ0n) is 17.4. The third-order valence-corrected chi connectivity index (χ3v) is 6.22. The number of nitrogens with zero attached hydrogens (tertiary/aromatic N) is 3. The lowest BCUT2D eigenvalue weighted by atomic mass is 9.99. The molecule has 8 nitrogen and oxygen atoms in total. The molecule has 4 rings (SSSR count). The Morgan fingerprint density at radius 3 is 2.47 bits per heavy atom. The molecule has 32 heavy (non-hydrogen) atoms. The van der Waals surface area contributed by atoms with Gasteiger partial charge in [0.05, 0.1) is 7.11 Å². The maximum atomic E-state index is 13.0. The van der Waals surface area contributed by atoms with Crippen molar-refractivity contribution in [3.05, 3.63) is 64.4 Å². The summed E-state index contributed by atoms with van der Waals surface area (Å²) in [6.45, 7) is 1.14. The topological polar surface area (TPSA) is 96.4 Å². The summed E-state index contributed by atoms with van der Waals surface area (Å²) in [6.07, 6.45) is 1.69. The van der Waals surface area contributed by atoms with E-state index in [9.17, 15) is 14.0 Å². The summed E-state index contributed by atoms with van der Waals surface area (Å²) in [4.78, 5) is 26.9. The maximum absolute atomic E-state index is 13.0. The van der Waals surface area contributed by atoms with Crippen LogP contribution in [0.3, 0.4) is 0 Å². The van der Waals surface area contributed by atoms with Crippen LogP contribution in [-0.2, 0) is 0 Å². The van der Waals surface area contributed by atoms with Crippen LogP contribution in [-0.4, -0.2) is 47.2 Å². The number of hydrogen-bond donors (Lipinski definition) is 2. The van der Waals surface area contributed by atoms with Crippen LogP contribution < -0.4 is 15.4 Å². The first-order chi connectivity index (χ1) is 15.5. The molecule has 2 heterocycles. The minimum Gasteiger partial charge on any atom is -0.497 e. The summed E-state index contributed by atoms with van der Waals surface area (Å²) >= 11 is 1.21. The summed E-state index contributed by atoms with van der Waals surface area (Å²) in [5.41, 5.74) is 1.17. The Morgan fingerprint density at radius 2 is 1.75 bits per heavy atom. The highest BCUT2D eigenvalue weighted by Gasteiger charge is 2.28. The van der Waals surface area contributed by atoms with Crippen molar-refractivity contribution in [2.24, 2.45) is 0 Å². The fraction of sp³-hybridized carbons (Fsp3) is 0.273. The van der Waals surface area contributed by atoms with E-state index in [1.165, 1.54) is 35.6 Å². The molecule has 2 aromatic carbocycles. The van der Waals surface area contributed by atoms with Crippen LogP contribution in [0, 0.1) is 5.82 Å². The number of halogens is 1. The van der Waals surface area contributed by atoms with Gasteiger partial charge in [-0.15, -0.1) is 10.2 Å². The number of ether oxygens (including phenoxy) is 1. The van der Waals surface area contributed by atoms with Crippen LogP contribution in [0.5, 0.6) is 5.75 Å². The number of methoxy groups -OCH3 is 1. The predicted octanol–water partition coefficient (Wildman–Crippen LogP) is 4.35. The van der Waals surface area contributed by atoms with E-state index in [0.717, 1.165) is 23.6 Å². The van der Waals surface area contributed by atoms with Crippen molar-refractivity contribution in [3.63, 3.8) is 0 Å². The van der Waals surface area contributed by atoms with Crippen molar-refractivity contribution in [1.82, 2.24) is 15.1 Å². The van der Waals surface area contributed by atoms with E-state index in [1.54, 1.807) is 36.3 Å². The second-order valence-corrected chi connectivity index (χ2v) is 8.36. The van der Waals surface area contributed by atoms with Crippen LogP contribution in [0.25, 0.3) is 0 Å². The van der Waals surface area contributed by atoms with Crippen LogP contribution in [0.2, 0.25) is 0 Å². The number of nitrogens with one attached hydrogen (secondary N) is 2. The summed E-state index contributed by atoms with van der Waals surface area (Å²) in [5.74, 6) is -0.0452. The van der Waals surface area contributed by atoms with Crippen molar-refractivity contribution in [2.75, 3.05) is 30.8 Å². The fourth-order valence-electron chi connectivity index (χ4n) is 3.45. The molecule has 0 bridgehead atoms. The number of carbonyl (C=O) groups is 2. The molecule has 0 radical (unpaired) electrons. The molecule has 1 aromatic heterocycles. The molecule has 3 amide bonds. The number of hydrogen-bond acceptors (Lipinski definition) is 6. The molecule has 0 saturated carbocycles. The number of aromatic nitrogens is 2. The lowest BCUT2D eigenvalue weighted by Gasteiger charge is -2.31. The van der Waals surface area contributed by atoms with Gasteiger partial charge in [-0.05, 0) is 61.4 Å². The first-order valence-corrected chi connectivity index (χ1v) is 10.9. The SMILES string of the molecule is COc1ccc(NC(=O)N2CCC[C@@H](c3nnc(C(=O)Nc4ccc(F)cc4)s3)C2)cc1. The molecule has 1 aliphatic heterocycles. The van der Waals surface area contributed by atoms with Gasteiger partial charge in [0.15, 0.2) is 0 Å². The molecular weight excluding hydrogens is 433 g/mol. The molecule has 0 spiro atoms. The lowest BCUT2D eigenvalue weighted by Crippen LogP contribution is -2.41. The number of amides is 3. The summed E-state index contributed by atoms with van der Waals surface area (Å²) in [6, 6.07) is 12.5. The minimum absolute atomic E-state index is 0.00948. The number of rotatable bonds is 5. The first kappa shape index (κ1) is 21.7. The predicted molar refractivity (Wildman–Crippen MR) is 120 cm³/mol. The zero-order valence-corrected chi connectivity index (χ0v) is 18.2. The molecule has 2 N–H and O–H groups in total. The van der Waals surface area contributed by atoms with E-state index in [1.807, 2.05) is 0 Å². The quantitative estimate of drug-likeness (QED) is 0.596. The van der Waals surface area contributed by atoms with Crippen molar-refractivity contribution in [2.45, 2.75) is 18.8 Å². The largest absolute Gasteiger partial charge is 0.497 e. The number of piperidine rings is 1. The van der Waals surface area contributed by atoms with Crippen molar-refractivity contribution in [1.29, 1.82) is 0 Å². The molecule has 0 aliphatic carbocycles. The smallest absolute Gasteiger partial charge is 0.321 e. The Labute approximate surface area is 188 Å². The van der Waals surface area contributed by atoms with Gasteiger partial charge in [-0.25, -0.2) is 9.18 Å². The molecule has 3 aromatic rings. The van der Waals surface area contributed by atoms with Crippen molar-refractivity contribution < 1.29 is 18.7 Å². The van der Waals surface area contributed by atoms with E-state index >= 15 is 0 Å². The molecule has 10 heteroatoms. The highest BCUT2D eigenvalue weighted by molar-refractivity contribution is 7.13. The molecule has 166 valence electrons. The standard InChI is InChI=1S/C22H22FN5O3S/c1-31-18-10-8-17(9-11-18)25-22(30)28-12-2-3-14(13-28)20-26-27-21(32-20)19(29)24-16-6-4-15(23)5-7-16/h4-11,14H,2-3,12-13H2,1H3,(H,24,29)(H,25,30)/t14-/m1/s1. The molecule has 0 unspecified atom stereocenters. The average molecular weight is 456 g/mol. The van der Waals surface area contributed by atoms with Gasteiger partial charge in [0.1, 0.15) is 16.6 Å². The first-order valence-electron chi connectivity index (χ1n) is 10.1. The van der Waals surface area contributed by atoms with Crippen LogP contribution in [0.15, 0.2) is 48.5 Å². The van der Waals surface area contributed by atoms with Crippen LogP contribution >= 0.6 is 11.3 Å². The monoisotopic (exact) mass is 455 g/mol. The third kappa shape index (κ3) is 5.20. The maximum Gasteiger partial charge on any atom is 0.321 e. The van der Waals surface area contributed by atoms with Gasteiger partial charge in [0.2, 0.25) is 5.01 Å². The normalized spacial score (nSPS) is 15.8. The summed E-state index contributed by atoms with van der Waals surface area (Å²) in [7, 11) is 1.59. The second kappa shape index (κ2) is 9.73. The Bertz CT molecular complexity index is 1090. The van der Waals surface area contributed by atoms with Gasteiger partial charge in [-0.2, -0.15) is 0 Å². The average Bonchev–Trinajstić information content (AvgIpc) is 3.32. The van der Waals surface area contributed by atoms with Gasteiger partial charge in [0.25, 0.3) is 5.91 Å². The number of urea groups is 1. The van der Waals surface area contributed by atoms with Gasteiger partial charge in [0, 0.05) is 30.4 Å². The Kier molecular flexibility index (Phi) is 6.60. The highest BCUT2D eigenvalue weighted by atomic mass is 32.1.